The van der Waals surface area contributed by atoms with Crippen molar-refractivity contribution < 1.29 is 23.4 Å². The largest absolute Gasteiger partial charge is 0.495 e. The van der Waals surface area contributed by atoms with Crippen LogP contribution in [0.25, 0.3) is 0 Å². The summed E-state index contributed by atoms with van der Waals surface area (Å²) in [5.74, 6) is -1.56. The molecule has 1 aliphatic rings. The first-order valence-electron chi connectivity index (χ1n) is 9.55. The monoisotopic (exact) mass is 484 g/mol. The molecule has 2 N–H and O–H groups in total. The van der Waals surface area contributed by atoms with E-state index in [1.54, 1.807) is 12.1 Å². The summed E-state index contributed by atoms with van der Waals surface area (Å²) in [4.78, 5) is 12.6. The minimum Gasteiger partial charge on any atom is -0.495 e. The van der Waals surface area contributed by atoms with Gasteiger partial charge in [-0.15, -0.1) is 0 Å². The van der Waals surface area contributed by atoms with Gasteiger partial charge in [0.1, 0.15) is 34.7 Å². The molecule has 4 rings (SSSR count). The number of hydrogen-bond donors (Lipinski definition) is 1. The molecule has 1 heterocycles. The lowest BCUT2D eigenvalue weighted by Gasteiger charge is -2.27. The van der Waals surface area contributed by atoms with Gasteiger partial charge < -0.3 is 19.9 Å². The Labute approximate surface area is 198 Å². The van der Waals surface area contributed by atoms with Crippen LogP contribution in [-0.2, 0) is 0 Å². The second kappa shape index (κ2) is 9.02. The number of nitriles is 1. The molecule has 33 heavy (non-hydrogen) atoms. The van der Waals surface area contributed by atoms with Gasteiger partial charge >= 0.3 is 5.97 Å². The van der Waals surface area contributed by atoms with Crippen molar-refractivity contribution in [1.29, 1.82) is 5.26 Å². The van der Waals surface area contributed by atoms with Crippen molar-refractivity contribution in [3.8, 4) is 23.3 Å². The molecule has 0 aromatic heterocycles. The van der Waals surface area contributed by atoms with Gasteiger partial charge in [-0.25, -0.2) is 9.18 Å². The molecular formula is C24H15Cl2FN2O4. The minimum atomic E-state index is -0.891. The zero-order valence-electron chi connectivity index (χ0n) is 17.1. The van der Waals surface area contributed by atoms with Gasteiger partial charge in [-0.05, 0) is 36.4 Å². The van der Waals surface area contributed by atoms with Gasteiger partial charge in [0.2, 0.25) is 5.88 Å². The number of hydrogen-bond acceptors (Lipinski definition) is 6. The third kappa shape index (κ3) is 4.19. The number of fused-ring (bicyclic) bond motifs is 1. The van der Waals surface area contributed by atoms with E-state index in [9.17, 15) is 14.4 Å². The molecule has 0 radical (unpaired) electrons. The number of nitrogens with zero attached hydrogens (tertiary/aromatic N) is 1. The van der Waals surface area contributed by atoms with E-state index in [2.05, 4.69) is 0 Å². The van der Waals surface area contributed by atoms with E-state index in [1.807, 2.05) is 6.07 Å². The molecule has 0 aliphatic carbocycles. The Bertz CT molecular complexity index is 1330. The van der Waals surface area contributed by atoms with Crippen LogP contribution in [0.2, 0.25) is 10.0 Å². The number of allylic oxidation sites excluding steroid dienone is 1. The molecule has 3 aromatic rings. The highest BCUT2D eigenvalue weighted by atomic mass is 35.5. The molecule has 0 saturated carbocycles. The Kier molecular flexibility index (Phi) is 6.14. The SMILES string of the molecule is COc1ccc(C(=O)Oc2ccc3c(c2)OC(N)=C(C#N)C3c2c(F)cccc2Cl)cc1Cl. The summed E-state index contributed by atoms with van der Waals surface area (Å²) in [6.45, 7) is 0. The maximum Gasteiger partial charge on any atom is 0.343 e. The lowest BCUT2D eigenvalue weighted by atomic mass is 9.83. The lowest BCUT2D eigenvalue weighted by Crippen LogP contribution is -2.22. The predicted molar refractivity (Wildman–Crippen MR) is 120 cm³/mol. The van der Waals surface area contributed by atoms with Crippen LogP contribution in [0.3, 0.4) is 0 Å². The highest BCUT2D eigenvalue weighted by molar-refractivity contribution is 6.32. The smallest absolute Gasteiger partial charge is 0.343 e. The third-order valence-corrected chi connectivity index (χ3v) is 5.70. The zero-order chi connectivity index (χ0) is 23.7. The van der Waals surface area contributed by atoms with Crippen LogP contribution in [0.5, 0.6) is 17.2 Å². The Balaban J connectivity index is 1.71. The minimum absolute atomic E-state index is 0.0205. The van der Waals surface area contributed by atoms with Gasteiger partial charge in [0, 0.05) is 22.2 Å². The molecule has 9 heteroatoms. The number of carbonyl (C=O) groups excluding carboxylic acids is 1. The molecular weight excluding hydrogens is 470 g/mol. The van der Waals surface area contributed by atoms with Crippen molar-refractivity contribution in [1.82, 2.24) is 0 Å². The molecule has 0 bridgehead atoms. The third-order valence-electron chi connectivity index (χ3n) is 5.08. The van der Waals surface area contributed by atoms with Gasteiger partial charge in [0.15, 0.2) is 0 Å². The topological polar surface area (TPSA) is 94.6 Å². The Morgan fingerprint density at radius 2 is 1.94 bits per heavy atom. The van der Waals surface area contributed by atoms with Crippen molar-refractivity contribution in [3.05, 3.63) is 98.6 Å². The Morgan fingerprint density at radius 3 is 2.61 bits per heavy atom. The second-order valence-corrected chi connectivity index (χ2v) is 7.81. The lowest BCUT2D eigenvalue weighted by molar-refractivity contribution is 0.0734. The molecule has 1 aliphatic heterocycles. The van der Waals surface area contributed by atoms with Crippen molar-refractivity contribution in [2.75, 3.05) is 7.11 Å². The summed E-state index contributed by atoms with van der Waals surface area (Å²) in [7, 11) is 1.46. The maximum absolute atomic E-state index is 14.7. The van der Waals surface area contributed by atoms with Gasteiger partial charge in [-0.3, -0.25) is 0 Å². The summed E-state index contributed by atoms with van der Waals surface area (Å²) < 4.78 is 30.8. The van der Waals surface area contributed by atoms with Crippen LogP contribution < -0.4 is 19.9 Å². The molecule has 1 unspecified atom stereocenters. The first-order chi connectivity index (χ1) is 15.8. The summed E-state index contributed by atoms with van der Waals surface area (Å²) in [5.41, 5.74) is 6.73. The second-order valence-electron chi connectivity index (χ2n) is 7.00. The van der Waals surface area contributed by atoms with Crippen LogP contribution in [0.15, 0.2) is 66.1 Å². The number of carbonyl (C=O) groups is 1. The van der Waals surface area contributed by atoms with Crippen molar-refractivity contribution in [2.45, 2.75) is 5.92 Å². The summed E-state index contributed by atoms with van der Waals surface area (Å²) in [6.07, 6.45) is 0. The summed E-state index contributed by atoms with van der Waals surface area (Å²) in [6, 6.07) is 15.2. The number of rotatable bonds is 4. The molecule has 1 atom stereocenters. The standard InChI is InChI=1S/C24H15Cl2FN2O4/c1-31-19-8-5-12(9-17(19)26)24(30)32-13-6-7-14-20(10-13)33-23(29)15(11-28)21(14)22-16(25)3-2-4-18(22)27/h2-10,21H,29H2,1H3. The van der Waals surface area contributed by atoms with Crippen molar-refractivity contribution in [2.24, 2.45) is 5.73 Å². The number of nitrogens with two attached hydrogens (primary N) is 1. The van der Waals surface area contributed by atoms with E-state index in [0.717, 1.165) is 0 Å². The number of esters is 1. The highest BCUT2D eigenvalue weighted by Gasteiger charge is 2.34. The average molecular weight is 485 g/mol. The van der Waals surface area contributed by atoms with Crippen LogP contribution in [-0.4, -0.2) is 13.1 Å². The first kappa shape index (κ1) is 22.5. The predicted octanol–water partition coefficient (Wildman–Crippen LogP) is 5.58. The van der Waals surface area contributed by atoms with Crippen LogP contribution >= 0.6 is 23.2 Å². The number of ether oxygens (including phenoxy) is 3. The Hall–Kier alpha value is -3.73. The molecule has 0 fully saturated rings. The van der Waals surface area contributed by atoms with Gasteiger partial charge in [0.25, 0.3) is 0 Å². The molecule has 0 saturated heterocycles. The molecule has 6 nitrogen and oxygen atoms in total. The fraction of sp³-hybridized carbons (Fsp3) is 0.0833. The molecule has 0 spiro atoms. The van der Waals surface area contributed by atoms with E-state index < -0.39 is 17.7 Å². The van der Waals surface area contributed by atoms with Gasteiger partial charge in [0.05, 0.1) is 23.6 Å². The quantitative estimate of drug-likeness (QED) is 0.383. The van der Waals surface area contributed by atoms with E-state index >= 15 is 0 Å². The van der Waals surface area contributed by atoms with E-state index in [1.165, 1.54) is 49.6 Å². The van der Waals surface area contributed by atoms with E-state index in [4.69, 9.17) is 43.1 Å². The molecule has 0 amide bonds. The number of benzene rings is 3. The fourth-order valence-electron chi connectivity index (χ4n) is 3.54. The van der Waals surface area contributed by atoms with Crippen molar-refractivity contribution in [3.63, 3.8) is 0 Å². The Morgan fingerprint density at radius 1 is 1.15 bits per heavy atom. The highest BCUT2D eigenvalue weighted by Crippen LogP contribution is 2.46. The van der Waals surface area contributed by atoms with Crippen LogP contribution in [0.1, 0.15) is 27.4 Å². The molecule has 166 valence electrons. The van der Waals surface area contributed by atoms with E-state index in [0.29, 0.717) is 11.3 Å². The normalized spacial score (nSPS) is 14.7. The molecule has 3 aromatic carbocycles. The van der Waals surface area contributed by atoms with Gasteiger partial charge in [-0.1, -0.05) is 35.3 Å². The summed E-state index contributed by atoms with van der Waals surface area (Å²) >= 11 is 12.3. The first-order valence-corrected chi connectivity index (χ1v) is 10.3. The van der Waals surface area contributed by atoms with Gasteiger partial charge in [-0.2, -0.15) is 5.26 Å². The van der Waals surface area contributed by atoms with Crippen LogP contribution in [0, 0.1) is 17.1 Å². The summed E-state index contributed by atoms with van der Waals surface area (Å²) in [5, 5.41) is 10.0. The fourth-order valence-corrected chi connectivity index (χ4v) is 4.07. The van der Waals surface area contributed by atoms with E-state index in [-0.39, 0.29) is 44.1 Å². The van der Waals surface area contributed by atoms with Crippen molar-refractivity contribution >= 4 is 29.2 Å². The zero-order valence-corrected chi connectivity index (χ0v) is 18.6. The maximum atomic E-state index is 14.7. The number of methoxy groups -OCH3 is 1. The number of halogens is 3. The van der Waals surface area contributed by atoms with Crippen LogP contribution in [0.4, 0.5) is 4.39 Å². The average Bonchev–Trinajstić information content (AvgIpc) is 2.78.